The molecule has 0 bridgehead atoms. The molecule has 4 aromatic rings. The van der Waals surface area contributed by atoms with Gasteiger partial charge in [-0.15, -0.1) is 4.74 Å². The average Bonchev–Trinajstić information content (AvgIpc) is 3.15. The summed E-state index contributed by atoms with van der Waals surface area (Å²) in [6.07, 6.45) is 0.557. The highest BCUT2D eigenvalue weighted by molar-refractivity contribution is 5.75. The van der Waals surface area contributed by atoms with Gasteiger partial charge in [-0.25, -0.2) is 14.6 Å². The second-order valence-electron chi connectivity index (χ2n) is 10.2. The van der Waals surface area contributed by atoms with Crippen LogP contribution in [-0.4, -0.2) is 27.0 Å². The molecule has 0 radical (unpaired) electrons. The Labute approximate surface area is 221 Å². The van der Waals surface area contributed by atoms with E-state index in [-0.39, 0.29) is 6.54 Å². The van der Waals surface area contributed by atoms with E-state index in [2.05, 4.69) is 37.9 Å². The lowest BCUT2D eigenvalue weighted by Gasteiger charge is -2.19. The minimum Gasteiger partial charge on any atom is -0.493 e. The summed E-state index contributed by atoms with van der Waals surface area (Å²) in [4.78, 5) is 24.9. The number of aromatic nitrogens is 2. The van der Waals surface area contributed by atoms with Gasteiger partial charge in [-0.05, 0) is 97.8 Å². The third-order valence-corrected chi connectivity index (χ3v) is 6.48. The molecule has 0 fully saturated rings. The molecule has 0 unspecified atom stereocenters. The van der Waals surface area contributed by atoms with Crippen LogP contribution in [0.15, 0.2) is 68.7 Å². The number of hydrogen-bond donors (Lipinski definition) is 2. The molecule has 0 amide bonds. The number of nitrogens with zero attached hydrogens (tertiary/aromatic N) is 1. The SMILES string of the molecule is Cc1cc(OCCC(C)(C)O)cc(C)c1-c1cccc(COc2ccc(Cn3oc(=O)[nH]c3=O)cc2)c1C. The maximum atomic E-state index is 11.6. The van der Waals surface area contributed by atoms with Crippen molar-refractivity contribution in [3.8, 4) is 22.6 Å². The fourth-order valence-corrected chi connectivity index (χ4v) is 4.40. The van der Waals surface area contributed by atoms with Crippen molar-refractivity contribution in [1.29, 1.82) is 0 Å². The minimum absolute atomic E-state index is 0.154. The minimum atomic E-state index is -0.774. The van der Waals surface area contributed by atoms with Crippen LogP contribution < -0.4 is 20.9 Å². The topological polar surface area (TPSA) is 107 Å². The number of aryl methyl sites for hydroxylation is 2. The van der Waals surface area contributed by atoms with Crippen molar-refractivity contribution in [2.45, 2.75) is 59.8 Å². The molecule has 1 aromatic heterocycles. The Kier molecular flexibility index (Phi) is 7.92. The first-order valence-corrected chi connectivity index (χ1v) is 12.6. The number of aromatic amines is 1. The third-order valence-electron chi connectivity index (χ3n) is 6.48. The van der Waals surface area contributed by atoms with Gasteiger partial charge in [-0.2, -0.15) is 0 Å². The molecule has 1 heterocycles. The van der Waals surface area contributed by atoms with Crippen molar-refractivity contribution in [3.63, 3.8) is 0 Å². The standard InChI is InChI=1S/C30H34N2O6/c1-19-15-25(36-14-13-30(4,5)35)16-20(2)27(19)26-8-6-7-23(21(26)3)18-37-24-11-9-22(10-12-24)17-32-28(33)31-29(34)38-32/h6-12,15-16,35H,13-14,17-18H2,1-5H3,(H,31,33,34). The molecule has 2 N–H and O–H groups in total. The van der Waals surface area contributed by atoms with Crippen molar-refractivity contribution in [1.82, 2.24) is 9.72 Å². The summed E-state index contributed by atoms with van der Waals surface area (Å²) < 4.78 is 17.8. The molecule has 4 rings (SSSR count). The summed E-state index contributed by atoms with van der Waals surface area (Å²) in [5, 5.41) is 9.93. The van der Waals surface area contributed by atoms with Crippen LogP contribution in [0.5, 0.6) is 11.5 Å². The number of rotatable bonds is 10. The van der Waals surface area contributed by atoms with E-state index in [1.807, 2.05) is 42.5 Å². The highest BCUT2D eigenvalue weighted by Crippen LogP contribution is 2.34. The summed E-state index contributed by atoms with van der Waals surface area (Å²) in [5.74, 6) is 0.725. The smallest absolute Gasteiger partial charge is 0.440 e. The molecule has 8 nitrogen and oxygen atoms in total. The van der Waals surface area contributed by atoms with Crippen LogP contribution in [0.25, 0.3) is 11.1 Å². The molecule has 200 valence electrons. The van der Waals surface area contributed by atoms with Crippen LogP contribution in [-0.2, 0) is 13.2 Å². The van der Waals surface area contributed by atoms with Gasteiger partial charge in [0.2, 0.25) is 0 Å². The number of hydrogen-bond acceptors (Lipinski definition) is 6. The summed E-state index contributed by atoms with van der Waals surface area (Å²) in [5.41, 5.74) is 6.27. The summed E-state index contributed by atoms with van der Waals surface area (Å²) in [7, 11) is 0. The van der Waals surface area contributed by atoms with Crippen molar-refractivity contribution >= 4 is 0 Å². The van der Waals surface area contributed by atoms with Crippen LogP contribution in [0.2, 0.25) is 0 Å². The molecule has 0 aliphatic heterocycles. The van der Waals surface area contributed by atoms with E-state index >= 15 is 0 Å². The van der Waals surface area contributed by atoms with Crippen LogP contribution >= 0.6 is 0 Å². The summed E-state index contributed by atoms with van der Waals surface area (Å²) >= 11 is 0. The highest BCUT2D eigenvalue weighted by Gasteiger charge is 2.15. The van der Waals surface area contributed by atoms with E-state index in [9.17, 15) is 14.7 Å². The van der Waals surface area contributed by atoms with Crippen LogP contribution in [0.1, 0.15) is 48.1 Å². The van der Waals surface area contributed by atoms with Gasteiger partial charge in [0.05, 0.1) is 18.8 Å². The predicted molar refractivity (Wildman–Crippen MR) is 146 cm³/mol. The van der Waals surface area contributed by atoms with Crippen molar-refractivity contribution in [2.24, 2.45) is 0 Å². The second-order valence-corrected chi connectivity index (χ2v) is 10.2. The van der Waals surface area contributed by atoms with E-state index < -0.39 is 17.0 Å². The fraction of sp³-hybridized carbons (Fsp3) is 0.333. The van der Waals surface area contributed by atoms with Crippen molar-refractivity contribution in [3.05, 3.63) is 103 Å². The van der Waals surface area contributed by atoms with Gasteiger partial charge in [0.1, 0.15) is 18.1 Å². The molecular weight excluding hydrogens is 484 g/mol. The van der Waals surface area contributed by atoms with Gasteiger partial charge in [0.25, 0.3) is 0 Å². The number of benzene rings is 3. The lowest BCUT2D eigenvalue weighted by molar-refractivity contribution is 0.0553. The van der Waals surface area contributed by atoms with E-state index in [1.54, 1.807) is 13.8 Å². The van der Waals surface area contributed by atoms with Crippen LogP contribution in [0, 0.1) is 20.8 Å². The Morgan fingerprint density at radius 1 is 0.947 bits per heavy atom. The maximum absolute atomic E-state index is 11.6. The molecule has 3 aromatic carbocycles. The summed E-state index contributed by atoms with van der Waals surface area (Å²) in [6.45, 7) is 10.8. The Morgan fingerprint density at radius 2 is 1.63 bits per heavy atom. The Bertz CT molecular complexity index is 1500. The molecule has 0 aliphatic carbocycles. The van der Waals surface area contributed by atoms with Gasteiger partial charge in [0.15, 0.2) is 0 Å². The number of ether oxygens (including phenoxy) is 2. The Hall–Kier alpha value is -4.04. The molecule has 38 heavy (non-hydrogen) atoms. The maximum Gasteiger partial charge on any atom is 0.440 e. The predicted octanol–water partition coefficient (Wildman–Crippen LogP) is 4.89. The van der Waals surface area contributed by atoms with Gasteiger partial charge >= 0.3 is 11.4 Å². The van der Waals surface area contributed by atoms with Gasteiger partial charge in [-0.3, -0.25) is 0 Å². The largest absolute Gasteiger partial charge is 0.493 e. The first-order valence-electron chi connectivity index (χ1n) is 12.6. The van der Waals surface area contributed by atoms with E-state index in [4.69, 9.17) is 14.0 Å². The lowest BCUT2D eigenvalue weighted by atomic mass is 9.90. The number of H-pyrrole nitrogens is 1. The highest BCUT2D eigenvalue weighted by atomic mass is 16.5. The monoisotopic (exact) mass is 518 g/mol. The first-order chi connectivity index (χ1) is 18.0. The van der Waals surface area contributed by atoms with E-state index in [1.165, 1.54) is 5.56 Å². The zero-order valence-electron chi connectivity index (χ0n) is 22.5. The number of nitrogens with one attached hydrogen (secondary N) is 1. The zero-order chi connectivity index (χ0) is 27.4. The van der Waals surface area contributed by atoms with Crippen molar-refractivity contribution in [2.75, 3.05) is 6.61 Å². The fourth-order valence-electron chi connectivity index (χ4n) is 4.40. The third kappa shape index (κ3) is 6.63. The molecular formula is C30H34N2O6. The van der Waals surface area contributed by atoms with Crippen LogP contribution in [0.4, 0.5) is 0 Å². The molecule has 0 atom stereocenters. The lowest BCUT2D eigenvalue weighted by Crippen LogP contribution is -2.21. The summed E-state index contributed by atoms with van der Waals surface area (Å²) in [6, 6.07) is 17.6. The molecule has 0 aliphatic rings. The molecule has 8 heteroatoms. The first kappa shape index (κ1) is 27.0. The molecule has 0 saturated heterocycles. The molecule has 0 spiro atoms. The van der Waals surface area contributed by atoms with Crippen LogP contribution in [0.3, 0.4) is 0 Å². The second kappa shape index (κ2) is 11.1. The van der Waals surface area contributed by atoms with Gasteiger partial charge < -0.3 is 19.1 Å². The van der Waals surface area contributed by atoms with Gasteiger partial charge in [-0.1, -0.05) is 30.3 Å². The molecule has 0 saturated carbocycles. The van der Waals surface area contributed by atoms with E-state index in [0.717, 1.165) is 43.9 Å². The van der Waals surface area contributed by atoms with Gasteiger partial charge in [0, 0.05) is 6.42 Å². The Balaban J connectivity index is 1.45. The average molecular weight is 519 g/mol. The van der Waals surface area contributed by atoms with E-state index in [0.29, 0.717) is 25.4 Å². The Morgan fingerprint density at radius 3 is 2.24 bits per heavy atom. The number of aliphatic hydroxyl groups is 1. The quantitative estimate of drug-likeness (QED) is 0.310. The van der Waals surface area contributed by atoms with Crippen molar-refractivity contribution < 1.29 is 19.1 Å². The zero-order valence-corrected chi connectivity index (χ0v) is 22.5. The normalized spacial score (nSPS) is 11.5.